The van der Waals surface area contributed by atoms with E-state index >= 15 is 0 Å². The molecule has 0 aliphatic heterocycles. The summed E-state index contributed by atoms with van der Waals surface area (Å²) >= 11 is 1.05. The standard InChI is InChI=1S/C16H20N2O8S2/c1-9(23-10(2)19)14(24-11(3)20)15(25-12(4)21)16(28-8-18,6-27-7-17)26-13(5)22/h9,14-15H,6H2,1-5H3/t9-,14-,15-,16+/m0/s1. The number of carbonyl (C=O) groups is 4. The smallest absolute Gasteiger partial charge is 0.304 e. The summed E-state index contributed by atoms with van der Waals surface area (Å²) in [6, 6.07) is 0. The molecule has 0 spiro atoms. The van der Waals surface area contributed by atoms with Gasteiger partial charge in [0.2, 0.25) is 4.93 Å². The van der Waals surface area contributed by atoms with Crippen LogP contribution in [-0.4, -0.2) is 52.9 Å². The second kappa shape index (κ2) is 12.1. The lowest BCUT2D eigenvalue weighted by atomic mass is 10.0. The van der Waals surface area contributed by atoms with E-state index in [9.17, 15) is 24.4 Å². The highest BCUT2D eigenvalue weighted by Gasteiger charge is 2.53. The maximum atomic E-state index is 11.7. The third-order valence-electron chi connectivity index (χ3n) is 3.01. The van der Waals surface area contributed by atoms with Gasteiger partial charge in [-0.2, -0.15) is 10.5 Å². The predicted octanol–water partition coefficient (Wildman–Crippen LogP) is 1.49. The van der Waals surface area contributed by atoms with E-state index in [1.54, 1.807) is 10.8 Å². The fraction of sp³-hybridized carbons (Fsp3) is 0.625. The predicted molar refractivity (Wildman–Crippen MR) is 98.1 cm³/mol. The summed E-state index contributed by atoms with van der Waals surface area (Å²) in [5, 5.41) is 21.7. The molecule has 0 bridgehead atoms. The summed E-state index contributed by atoms with van der Waals surface area (Å²) in [5.74, 6) is -3.48. The van der Waals surface area contributed by atoms with Crippen molar-refractivity contribution >= 4 is 47.4 Å². The summed E-state index contributed by atoms with van der Waals surface area (Å²) in [4.78, 5) is 44.5. The van der Waals surface area contributed by atoms with Gasteiger partial charge in [-0.1, -0.05) is 0 Å². The van der Waals surface area contributed by atoms with Crippen molar-refractivity contribution in [3.05, 3.63) is 0 Å². The molecular weight excluding hydrogens is 412 g/mol. The van der Waals surface area contributed by atoms with Crippen molar-refractivity contribution in [2.45, 2.75) is 57.9 Å². The Hall–Kier alpha value is -2.44. The molecule has 0 aromatic heterocycles. The van der Waals surface area contributed by atoms with Gasteiger partial charge in [0.05, 0.1) is 5.75 Å². The van der Waals surface area contributed by atoms with E-state index in [2.05, 4.69) is 0 Å². The van der Waals surface area contributed by atoms with Crippen LogP contribution in [0.4, 0.5) is 0 Å². The van der Waals surface area contributed by atoms with Crippen molar-refractivity contribution in [3.63, 3.8) is 0 Å². The monoisotopic (exact) mass is 432 g/mol. The van der Waals surface area contributed by atoms with E-state index in [4.69, 9.17) is 24.2 Å². The van der Waals surface area contributed by atoms with Crippen LogP contribution in [0.15, 0.2) is 0 Å². The van der Waals surface area contributed by atoms with E-state index in [1.807, 2.05) is 0 Å². The number of nitriles is 2. The van der Waals surface area contributed by atoms with Crippen molar-refractivity contribution in [2.24, 2.45) is 0 Å². The maximum Gasteiger partial charge on any atom is 0.304 e. The Morgan fingerprint density at radius 1 is 0.893 bits per heavy atom. The molecule has 0 radical (unpaired) electrons. The fourth-order valence-electron chi connectivity index (χ4n) is 2.24. The molecule has 0 rings (SSSR count). The SMILES string of the molecule is CC(=O)O[C@@H]([C@H](C)OC(C)=O)[C@H](OC(C)=O)[C@](CSC#N)(OC(C)=O)SC#N. The van der Waals surface area contributed by atoms with Gasteiger partial charge in [-0.25, -0.2) is 0 Å². The Kier molecular flexibility index (Phi) is 11.0. The number of rotatable bonds is 10. The average Bonchev–Trinajstić information content (AvgIpc) is 2.54. The van der Waals surface area contributed by atoms with Crippen molar-refractivity contribution in [1.29, 1.82) is 10.5 Å². The van der Waals surface area contributed by atoms with Crippen LogP contribution >= 0.6 is 23.5 Å². The molecular formula is C16H20N2O8S2. The minimum absolute atomic E-state index is 0.302. The van der Waals surface area contributed by atoms with Gasteiger partial charge < -0.3 is 18.9 Å². The Labute approximate surface area is 170 Å². The van der Waals surface area contributed by atoms with Crippen LogP contribution in [0.2, 0.25) is 0 Å². The number of thiocyanates is 2. The lowest BCUT2D eigenvalue weighted by Gasteiger charge is -2.40. The molecule has 0 aliphatic carbocycles. The van der Waals surface area contributed by atoms with Crippen LogP contribution < -0.4 is 0 Å². The summed E-state index contributed by atoms with van der Waals surface area (Å²) in [7, 11) is 0. The lowest BCUT2D eigenvalue weighted by molar-refractivity contribution is -0.198. The number of hydrogen-bond donors (Lipinski definition) is 0. The minimum atomic E-state index is -1.92. The number of ether oxygens (including phenoxy) is 4. The van der Waals surface area contributed by atoms with E-state index in [0.717, 1.165) is 27.7 Å². The molecule has 10 nitrogen and oxygen atoms in total. The molecule has 0 N–H and O–H groups in total. The zero-order valence-corrected chi connectivity index (χ0v) is 17.5. The number of carbonyl (C=O) groups excluding carboxylic acids is 4. The van der Waals surface area contributed by atoms with Gasteiger partial charge in [0, 0.05) is 39.5 Å². The normalized spacial score (nSPS) is 15.4. The molecule has 28 heavy (non-hydrogen) atoms. The molecule has 0 heterocycles. The molecule has 4 atom stereocenters. The first kappa shape index (κ1) is 25.6. The maximum absolute atomic E-state index is 11.7. The summed E-state index contributed by atoms with van der Waals surface area (Å²) in [5.41, 5.74) is 0. The Balaban J connectivity index is 6.46. The van der Waals surface area contributed by atoms with Crippen molar-refractivity contribution in [3.8, 4) is 10.8 Å². The topological polar surface area (TPSA) is 153 Å². The van der Waals surface area contributed by atoms with Gasteiger partial charge >= 0.3 is 23.9 Å². The van der Waals surface area contributed by atoms with Crippen molar-refractivity contribution < 1.29 is 38.1 Å². The second-order valence-electron chi connectivity index (χ2n) is 5.40. The highest BCUT2D eigenvalue weighted by atomic mass is 32.2. The molecule has 0 saturated heterocycles. The Morgan fingerprint density at radius 3 is 1.82 bits per heavy atom. The number of nitrogens with zero attached hydrogens (tertiary/aromatic N) is 2. The summed E-state index contributed by atoms with van der Waals surface area (Å²) in [6.45, 7) is 5.69. The van der Waals surface area contributed by atoms with Crippen molar-refractivity contribution in [1.82, 2.24) is 0 Å². The molecule has 0 amide bonds. The van der Waals surface area contributed by atoms with Gasteiger partial charge in [0.1, 0.15) is 16.9 Å². The number of thioether (sulfide) groups is 2. The molecule has 0 fully saturated rings. The van der Waals surface area contributed by atoms with Gasteiger partial charge in [0.25, 0.3) is 0 Å². The van der Waals surface area contributed by atoms with Gasteiger partial charge in [-0.15, -0.1) is 0 Å². The highest BCUT2D eigenvalue weighted by molar-refractivity contribution is 8.08. The summed E-state index contributed by atoms with van der Waals surface area (Å²) in [6.07, 6.45) is -4.12. The second-order valence-corrected chi connectivity index (χ2v) is 7.24. The van der Waals surface area contributed by atoms with Gasteiger partial charge in [-0.3, -0.25) is 19.2 Å². The van der Waals surface area contributed by atoms with Gasteiger partial charge in [0.15, 0.2) is 12.2 Å². The third-order valence-corrected chi connectivity index (χ3v) is 4.80. The van der Waals surface area contributed by atoms with Crippen LogP contribution in [-0.2, 0) is 38.1 Å². The molecule has 0 aromatic rings. The first-order valence-electron chi connectivity index (χ1n) is 7.78. The van der Waals surface area contributed by atoms with E-state index in [1.165, 1.54) is 6.92 Å². The third kappa shape index (κ3) is 8.50. The molecule has 0 unspecified atom stereocenters. The van der Waals surface area contributed by atoms with E-state index in [-0.39, 0.29) is 5.75 Å². The highest BCUT2D eigenvalue weighted by Crippen LogP contribution is 2.39. The number of hydrogen-bond acceptors (Lipinski definition) is 12. The first-order chi connectivity index (χ1) is 13.0. The molecule has 12 heteroatoms. The largest absolute Gasteiger partial charge is 0.459 e. The Morgan fingerprint density at radius 2 is 1.43 bits per heavy atom. The van der Waals surface area contributed by atoms with Crippen molar-refractivity contribution in [2.75, 3.05) is 5.75 Å². The zero-order valence-electron chi connectivity index (χ0n) is 15.9. The van der Waals surface area contributed by atoms with Crippen LogP contribution in [0, 0.1) is 21.3 Å². The molecule has 0 aromatic carbocycles. The van der Waals surface area contributed by atoms with Crippen LogP contribution in [0.5, 0.6) is 0 Å². The lowest BCUT2D eigenvalue weighted by Crippen LogP contribution is -2.57. The van der Waals surface area contributed by atoms with Gasteiger partial charge in [-0.05, 0) is 18.7 Å². The quantitative estimate of drug-likeness (QED) is 0.213. The van der Waals surface area contributed by atoms with Crippen LogP contribution in [0.1, 0.15) is 34.6 Å². The number of esters is 4. The molecule has 154 valence electrons. The average molecular weight is 432 g/mol. The van der Waals surface area contributed by atoms with E-state index < -0.39 is 47.1 Å². The molecule has 0 aliphatic rings. The van der Waals surface area contributed by atoms with Crippen LogP contribution in [0.25, 0.3) is 0 Å². The fourth-order valence-corrected chi connectivity index (χ4v) is 3.75. The Bertz CT molecular complexity index is 687. The minimum Gasteiger partial charge on any atom is -0.459 e. The molecule has 0 saturated carbocycles. The van der Waals surface area contributed by atoms with Crippen LogP contribution in [0.3, 0.4) is 0 Å². The summed E-state index contributed by atoms with van der Waals surface area (Å²) < 4.78 is 20.8. The first-order valence-corrected chi connectivity index (χ1v) is 9.58. The van der Waals surface area contributed by atoms with E-state index in [0.29, 0.717) is 23.5 Å². The zero-order chi connectivity index (χ0) is 21.9.